The lowest BCUT2D eigenvalue weighted by atomic mass is 10.2. The average molecular weight is 311 g/mol. The Morgan fingerprint density at radius 2 is 2.00 bits per heavy atom. The molecule has 1 aromatic carbocycles. The van der Waals surface area contributed by atoms with E-state index in [0.29, 0.717) is 5.75 Å². The van der Waals surface area contributed by atoms with Crippen LogP contribution in [0.4, 0.5) is 3.89 Å². The maximum absolute atomic E-state index is 12.9. The minimum absolute atomic E-state index is 0.00391. The molecule has 0 aliphatic carbocycles. The third kappa shape index (κ3) is 3.01. The van der Waals surface area contributed by atoms with E-state index in [1.165, 1.54) is 0 Å². The smallest absolute Gasteiger partial charge is 0.190 e. The van der Waals surface area contributed by atoms with Gasteiger partial charge in [0.2, 0.25) is 0 Å². The van der Waals surface area contributed by atoms with Crippen molar-refractivity contribution >= 4 is 31.7 Å². The van der Waals surface area contributed by atoms with Crippen molar-refractivity contribution in [3.8, 4) is 0 Å². The van der Waals surface area contributed by atoms with Crippen LogP contribution in [0.5, 0.6) is 0 Å². The van der Waals surface area contributed by atoms with Gasteiger partial charge in [0.15, 0.2) is 4.58 Å². The van der Waals surface area contributed by atoms with Crippen molar-refractivity contribution in [3.63, 3.8) is 0 Å². The van der Waals surface area contributed by atoms with Gasteiger partial charge in [-0.05, 0) is 6.26 Å². The standard InChI is InChI=1S/C11H16FO3S3/c1-16-8-9-17(2,15-18(12,13)14)11(16)10-6-4-3-5-7-10/h3-7,11H,8-9H2,1-2H3/q+1. The van der Waals surface area contributed by atoms with Crippen LogP contribution in [-0.2, 0) is 25.0 Å². The Morgan fingerprint density at radius 1 is 1.39 bits per heavy atom. The Hall–Kier alpha value is -0.240. The van der Waals surface area contributed by atoms with Crippen LogP contribution in [0.25, 0.3) is 0 Å². The molecule has 1 aliphatic heterocycles. The normalized spacial score (nSPS) is 36.2. The van der Waals surface area contributed by atoms with Gasteiger partial charge in [-0.2, -0.15) is 12.0 Å². The van der Waals surface area contributed by atoms with Crippen LogP contribution in [0.2, 0.25) is 0 Å². The zero-order chi connectivity index (χ0) is 13.4. The molecule has 1 fully saturated rings. The van der Waals surface area contributed by atoms with Crippen LogP contribution >= 0.6 is 10.3 Å². The van der Waals surface area contributed by atoms with Gasteiger partial charge in [0.05, 0.1) is 12.0 Å². The summed E-state index contributed by atoms with van der Waals surface area (Å²) in [5.74, 6) is 1.52. The van der Waals surface area contributed by atoms with Crippen LogP contribution in [0.15, 0.2) is 30.3 Å². The highest BCUT2D eigenvalue weighted by Crippen LogP contribution is 2.66. The zero-order valence-electron chi connectivity index (χ0n) is 10.2. The molecule has 0 saturated carbocycles. The second-order valence-electron chi connectivity index (χ2n) is 4.37. The number of rotatable bonds is 3. The Balaban J connectivity index is 2.36. The molecule has 0 bridgehead atoms. The number of halogens is 1. The summed E-state index contributed by atoms with van der Waals surface area (Å²) in [5, 5.41) is 0. The molecule has 0 spiro atoms. The highest BCUT2D eigenvalue weighted by molar-refractivity contribution is 8.39. The molecule has 1 heterocycles. The van der Waals surface area contributed by atoms with Crippen molar-refractivity contribution in [2.45, 2.75) is 4.58 Å². The van der Waals surface area contributed by atoms with Gasteiger partial charge in [0, 0.05) is 16.5 Å². The van der Waals surface area contributed by atoms with Crippen molar-refractivity contribution in [3.05, 3.63) is 35.9 Å². The summed E-state index contributed by atoms with van der Waals surface area (Å²) in [7, 11) is -6.83. The van der Waals surface area contributed by atoms with Crippen molar-refractivity contribution in [2.24, 2.45) is 0 Å². The Labute approximate surface area is 112 Å². The third-order valence-electron chi connectivity index (χ3n) is 2.94. The molecule has 3 nitrogen and oxygen atoms in total. The van der Waals surface area contributed by atoms with Crippen molar-refractivity contribution < 1.29 is 15.9 Å². The second-order valence-corrected chi connectivity index (χ2v) is 11.3. The number of benzene rings is 1. The van der Waals surface area contributed by atoms with Crippen LogP contribution in [-0.4, -0.2) is 32.4 Å². The Kier molecular flexibility index (Phi) is 3.96. The number of hydrogen-bond donors (Lipinski definition) is 0. The van der Waals surface area contributed by atoms with Gasteiger partial charge in [0.25, 0.3) is 0 Å². The molecule has 3 atom stereocenters. The van der Waals surface area contributed by atoms with Crippen LogP contribution in [0, 0.1) is 0 Å². The first-order chi connectivity index (χ1) is 8.32. The van der Waals surface area contributed by atoms with E-state index in [2.05, 4.69) is 6.26 Å². The van der Waals surface area contributed by atoms with E-state index in [9.17, 15) is 12.3 Å². The van der Waals surface area contributed by atoms with Crippen LogP contribution in [0.1, 0.15) is 10.1 Å². The highest BCUT2D eigenvalue weighted by atomic mass is 32.3. The summed E-state index contributed by atoms with van der Waals surface area (Å²) >= 11 is 0. The summed E-state index contributed by atoms with van der Waals surface area (Å²) in [6.07, 6.45) is 3.85. The molecule has 3 unspecified atom stereocenters. The SMILES string of the molecule is C[S+]1CCS(C)(OS(=O)(=O)F)C1c1ccccc1. The molecule has 1 aliphatic rings. The molecule has 0 aromatic heterocycles. The summed E-state index contributed by atoms with van der Waals surface area (Å²) in [6.45, 7) is 0. The Morgan fingerprint density at radius 3 is 2.56 bits per heavy atom. The summed E-state index contributed by atoms with van der Waals surface area (Å²) < 4.78 is 39.3. The van der Waals surface area contributed by atoms with Crippen molar-refractivity contribution in [1.82, 2.24) is 0 Å². The second kappa shape index (κ2) is 5.03. The van der Waals surface area contributed by atoms with Gasteiger partial charge in [0.1, 0.15) is 5.75 Å². The zero-order valence-corrected chi connectivity index (χ0v) is 12.7. The van der Waals surface area contributed by atoms with E-state index < -0.39 is 20.8 Å². The lowest BCUT2D eigenvalue weighted by Gasteiger charge is -2.30. The van der Waals surface area contributed by atoms with Gasteiger partial charge in [-0.25, -0.2) is 0 Å². The molecule has 0 amide bonds. The maximum Gasteiger partial charge on any atom is 0.447 e. The molecule has 1 saturated heterocycles. The van der Waals surface area contributed by atoms with Gasteiger partial charge < -0.3 is 0 Å². The lowest BCUT2D eigenvalue weighted by molar-refractivity contribution is 0.461. The number of hydrogen-bond acceptors (Lipinski definition) is 3. The Bertz CT molecular complexity index is 520. The summed E-state index contributed by atoms with van der Waals surface area (Å²) in [4.78, 5) is 0. The molecular formula is C11H16FO3S3+. The molecule has 18 heavy (non-hydrogen) atoms. The first kappa shape index (κ1) is 14.2. The van der Waals surface area contributed by atoms with Crippen LogP contribution in [0.3, 0.4) is 0 Å². The summed E-state index contributed by atoms with van der Waals surface area (Å²) in [5.41, 5.74) is 1.04. The predicted octanol–water partition coefficient (Wildman–Crippen LogP) is 2.53. The first-order valence-corrected chi connectivity index (χ1v) is 10.8. The minimum Gasteiger partial charge on any atom is -0.190 e. The van der Waals surface area contributed by atoms with Gasteiger partial charge >= 0.3 is 10.5 Å². The van der Waals surface area contributed by atoms with Gasteiger partial charge in [-0.3, -0.25) is 0 Å². The largest absolute Gasteiger partial charge is 0.447 e. The van der Waals surface area contributed by atoms with E-state index in [1.54, 1.807) is 6.26 Å². The summed E-state index contributed by atoms with van der Waals surface area (Å²) in [6, 6.07) is 9.65. The first-order valence-electron chi connectivity index (χ1n) is 5.39. The fraction of sp³-hybridized carbons (Fsp3) is 0.455. The molecule has 0 N–H and O–H groups in total. The monoisotopic (exact) mass is 311 g/mol. The van der Waals surface area contributed by atoms with Crippen molar-refractivity contribution in [1.29, 1.82) is 0 Å². The molecule has 7 heteroatoms. The lowest BCUT2D eigenvalue weighted by Crippen LogP contribution is -2.15. The van der Waals surface area contributed by atoms with E-state index in [1.807, 2.05) is 30.3 Å². The van der Waals surface area contributed by atoms with E-state index in [0.717, 1.165) is 11.3 Å². The van der Waals surface area contributed by atoms with Crippen molar-refractivity contribution in [2.75, 3.05) is 24.0 Å². The fourth-order valence-electron chi connectivity index (χ4n) is 2.24. The van der Waals surface area contributed by atoms with Crippen LogP contribution < -0.4 is 0 Å². The van der Waals surface area contributed by atoms with E-state index in [-0.39, 0.29) is 15.5 Å². The van der Waals surface area contributed by atoms with E-state index in [4.69, 9.17) is 3.63 Å². The van der Waals surface area contributed by atoms with Gasteiger partial charge in [-0.15, -0.1) is 0 Å². The molecule has 2 rings (SSSR count). The fourth-order valence-corrected chi connectivity index (χ4v) is 12.1. The average Bonchev–Trinajstić information content (AvgIpc) is 2.53. The van der Waals surface area contributed by atoms with Gasteiger partial charge in [-0.1, -0.05) is 44.5 Å². The predicted molar refractivity (Wildman–Crippen MR) is 76.8 cm³/mol. The molecule has 1 aromatic rings. The molecule has 0 radical (unpaired) electrons. The maximum atomic E-state index is 12.9. The third-order valence-corrected chi connectivity index (χ3v) is 11.3. The molecule has 102 valence electrons. The quantitative estimate of drug-likeness (QED) is 0.636. The van der Waals surface area contributed by atoms with E-state index >= 15 is 0 Å². The molecular weight excluding hydrogens is 295 g/mol. The minimum atomic E-state index is -4.89. The topological polar surface area (TPSA) is 43.4 Å². The highest BCUT2D eigenvalue weighted by Gasteiger charge is 2.51.